The van der Waals surface area contributed by atoms with Gasteiger partial charge in [-0.3, -0.25) is 0 Å². The van der Waals surface area contributed by atoms with Crippen molar-refractivity contribution in [3.05, 3.63) is 0 Å². The zero-order valence-electron chi connectivity index (χ0n) is 11.8. The minimum atomic E-state index is 0.536. The standard InChI is InChI=1S/C15H28N2O/c1-2-14-9-13(3-8-18-14)10-17-7-5-15(12-17)4-6-16-11-15/h13-14,16H,2-12H2,1H3. The lowest BCUT2D eigenvalue weighted by molar-refractivity contribution is -0.0168. The highest BCUT2D eigenvalue weighted by atomic mass is 16.5. The first-order valence-electron chi connectivity index (χ1n) is 7.84. The van der Waals surface area contributed by atoms with E-state index in [0.717, 1.165) is 12.5 Å². The monoisotopic (exact) mass is 252 g/mol. The molecule has 0 radical (unpaired) electrons. The molecule has 0 saturated carbocycles. The van der Waals surface area contributed by atoms with Crippen LogP contribution >= 0.6 is 0 Å². The predicted molar refractivity (Wildman–Crippen MR) is 73.7 cm³/mol. The molecule has 3 unspecified atom stereocenters. The van der Waals surface area contributed by atoms with Crippen LogP contribution in [0.15, 0.2) is 0 Å². The van der Waals surface area contributed by atoms with E-state index in [-0.39, 0.29) is 0 Å². The topological polar surface area (TPSA) is 24.5 Å². The molecule has 3 aliphatic heterocycles. The minimum absolute atomic E-state index is 0.536. The Balaban J connectivity index is 1.48. The number of nitrogens with one attached hydrogen (secondary N) is 1. The molecule has 1 spiro atoms. The molecule has 3 saturated heterocycles. The van der Waals surface area contributed by atoms with Crippen molar-refractivity contribution in [3.63, 3.8) is 0 Å². The van der Waals surface area contributed by atoms with Gasteiger partial charge < -0.3 is 15.0 Å². The van der Waals surface area contributed by atoms with E-state index in [4.69, 9.17) is 4.74 Å². The molecule has 18 heavy (non-hydrogen) atoms. The zero-order chi connectivity index (χ0) is 12.4. The van der Waals surface area contributed by atoms with Gasteiger partial charge in [-0.25, -0.2) is 0 Å². The molecular formula is C15H28N2O. The third-order valence-corrected chi connectivity index (χ3v) is 5.30. The fraction of sp³-hybridized carbons (Fsp3) is 1.00. The third-order valence-electron chi connectivity index (χ3n) is 5.30. The minimum Gasteiger partial charge on any atom is -0.378 e. The molecule has 104 valence electrons. The van der Waals surface area contributed by atoms with Gasteiger partial charge in [0.05, 0.1) is 6.10 Å². The first kappa shape index (κ1) is 12.9. The quantitative estimate of drug-likeness (QED) is 0.830. The summed E-state index contributed by atoms with van der Waals surface area (Å²) < 4.78 is 5.79. The summed E-state index contributed by atoms with van der Waals surface area (Å²) >= 11 is 0. The van der Waals surface area contributed by atoms with Crippen molar-refractivity contribution in [1.82, 2.24) is 10.2 Å². The zero-order valence-corrected chi connectivity index (χ0v) is 11.8. The van der Waals surface area contributed by atoms with Crippen LogP contribution in [0.25, 0.3) is 0 Å². The van der Waals surface area contributed by atoms with Gasteiger partial charge in [0.1, 0.15) is 0 Å². The fourth-order valence-electron chi connectivity index (χ4n) is 4.10. The predicted octanol–water partition coefficient (Wildman–Crippen LogP) is 1.88. The van der Waals surface area contributed by atoms with Crippen LogP contribution in [-0.2, 0) is 4.74 Å². The van der Waals surface area contributed by atoms with Crippen LogP contribution in [0.5, 0.6) is 0 Å². The summed E-state index contributed by atoms with van der Waals surface area (Å²) in [5.74, 6) is 0.883. The van der Waals surface area contributed by atoms with E-state index in [2.05, 4.69) is 17.1 Å². The van der Waals surface area contributed by atoms with E-state index in [0.29, 0.717) is 11.5 Å². The van der Waals surface area contributed by atoms with Gasteiger partial charge in [-0.1, -0.05) is 6.92 Å². The summed E-state index contributed by atoms with van der Waals surface area (Å²) in [4.78, 5) is 2.73. The Bertz CT molecular complexity index is 276. The third kappa shape index (κ3) is 2.73. The van der Waals surface area contributed by atoms with Gasteiger partial charge in [-0.05, 0) is 56.5 Å². The molecule has 0 aromatic heterocycles. The highest BCUT2D eigenvalue weighted by molar-refractivity contribution is 4.96. The van der Waals surface area contributed by atoms with Crippen LogP contribution in [0, 0.1) is 11.3 Å². The van der Waals surface area contributed by atoms with Gasteiger partial charge in [0.2, 0.25) is 0 Å². The van der Waals surface area contributed by atoms with E-state index in [9.17, 15) is 0 Å². The normalized spacial score (nSPS) is 41.8. The lowest BCUT2D eigenvalue weighted by Gasteiger charge is -2.32. The van der Waals surface area contributed by atoms with Crippen LogP contribution in [0.2, 0.25) is 0 Å². The average Bonchev–Trinajstić information content (AvgIpc) is 3.01. The van der Waals surface area contributed by atoms with Gasteiger partial charge >= 0.3 is 0 Å². The average molecular weight is 252 g/mol. The van der Waals surface area contributed by atoms with Gasteiger partial charge in [0, 0.05) is 26.2 Å². The smallest absolute Gasteiger partial charge is 0.0575 e. The summed E-state index contributed by atoms with van der Waals surface area (Å²) in [7, 11) is 0. The number of hydrogen-bond donors (Lipinski definition) is 1. The molecule has 3 nitrogen and oxygen atoms in total. The second kappa shape index (κ2) is 5.48. The molecule has 3 heteroatoms. The summed E-state index contributed by atoms with van der Waals surface area (Å²) in [6.45, 7) is 9.73. The molecule has 3 rings (SSSR count). The van der Waals surface area contributed by atoms with Crippen LogP contribution in [0.1, 0.15) is 39.0 Å². The van der Waals surface area contributed by atoms with Crippen molar-refractivity contribution in [1.29, 1.82) is 0 Å². The first-order valence-corrected chi connectivity index (χ1v) is 7.84. The Morgan fingerprint density at radius 1 is 1.39 bits per heavy atom. The van der Waals surface area contributed by atoms with Gasteiger partial charge in [-0.15, -0.1) is 0 Å². The molecule has 0 aliphatic carbocycles. The number of likely N-dealkylation sites (tertiary alicyclic amines) is 1. The van der Waals surface area contributed by atoms with Crippen molar-refractivity contribution in [3.8, 4) is 0 Å². The van der Waals surface area contributed by atoms with Gasteiger partial charge in [-0.2, -0.15) is 0 Å². The Morgan fingerprint density at radius 2 is 2.33 bits per heavy atom. The van der Waals surface area contributed by atoms with E-state index >= 15 is 0 Å². The van der Waals surface area contributed by atoms with E-state index in [1.54, 1.807) is 0 Å². The maximum absolute atomic E-state index is 5.79. The number of nitrogens with zero attached hydrogens (tertiary/aromatic N) is 1. The first-order chi connectivity index (χ1) is 8.80. The van der Waals surface area contributed by atoms with Crippen LogP contribution in [-0.4, -0.2) is 50.3 Å². The Kier molecular flexibility index (Phi) is 3.92. The SMILES string of the molecule is CCC1CC(CN2CCC3(CCNC3)C2)CCO1. The summed E-state index contributed by atoms with van der Waals surface area (Å²) in [5.41, 5.74) is 0.634. The highest BCUT2D eigenvalue weighted by Gasteiger charge is 2.40. The van der Waals surface area contributed by atoms with E-state index in [1.807, 2.05) is 0 Å². The second-order valence-corrected chi connectivity index (χ2v) is 6.70. The Labute approximate surface area is 111 Å². The summed E-state index contributed by atoms with van der Waals surface area (Å²) in [6.07, 6.45) is 7.10. The number of hydrogen-bond acceptors (Lipinski definition) is 3. The second-order valence-electron chi connectivity index (χ2n) is 6.70. The van der Waals surface area contributed by atoms with Gasteiger partial charge in [0.25, 0.3) is 0 Å². The van der Waals surface area contributed by atoms with Crippen LogP contribution in [0.3, 0.4) is 0 Å². The molecule has 3 fully saturated rings. The summed E-state index contributed by atoms with van der Waals surface area (Å²) in [5, 5.41) is 3.55. The number of rotatable bonds is 3. The van der Waals surface area contributed by atoms with Crippen molar-refractivity contribution < 1.29 is 4.74 Å². The van der Waals surface area contributed by atoms with Crippen molar-refractivity contribution in [2.24, 2.45) is 11.3 Å². The van der Waals surface area contributed by atoms with Gasteiger partial charge in [0.15, 0.2) is 0 Å². The highest BCUT2D eigenvalue weighted by Crippen LogP contribution is 2.37. The maximum atomic E-state index is 5.79. The van der Waals surface area contributed by atoms with E-state index < -0.39 is 0 Å². The summed E-state index contributed by atoms with van der Waals surface area (Å²) in [6, 6.07) is 0. The lowest BCUT2D eigenvalue weighted by atomic mass is 9.86. The van der Waals surface area contributed by atoms with E-state index in [1.165, 1.54) is 64.8 Å². The van der Waals surface area contributed by atoms with Crippen molar-refractivity contribution in [2.45, 2.75) is 45.1 Å². The molecule has 3 heterocycles. The Morgan fingerprint density at radius 3 is 3.11 bits per heavy atom. The Hall–Kier alpha value is -0.120. The van der Waals surface area contributed by atoms with Crippen molar-refractivity contribution in [2.75, 3.05) is 39.3 Å². The number of ether oxygens (including phenoxy) is 1. The molecule has 1 N–H and O–H groups in total. The van der Waals surface area contributed by atoms with Crippen LogP contribution in [0.4, 0.5) is 0 Å². The van der Waals surface area contributed by atoms with Crippen molar-refractivity contribution >= 4 is 0 Å². The molecule has 0 aromatic rings. The maximum Gasteiger partial charge on any atom is 0.0575 e. The lowest BCUT2D eigenvalue weighted by Crippen LogP contribution is -2.36. The molecular weight excluding hydrogens is 224 g/mol. The largest absolute Gasteiger partial charge is 0.378 e. The molecule has 3 atom stereocenters. The van der Waals surface area contributed by atoms with Crippen LogP contribution < -0.4 is 5.32 Å². The molecule has 0 bridgehead atoms. The molecule has 0 amide bonds. The molecule has 3 aliphatic rings. The fourth-order valence-corrected chi connectivity index (χ4v) is 4.10. The molecule has 0 aromatic carbocycles.